The molecule has 0 fully saturated rings. The summed E-state index contributed by atoms with van der Waals surface area (Å²) in [6.07, 6.45) is -4.10. The van der Waals surface area contributed by atoms with Crippen LogP contribution in [0.5, 0.6) is 0 Å². The highest BCUT2D eigenvalue weighted by molar-refractivity contribution is 7.85. The van der Waals surface area contributed by atoms with Crippen LogP contribution in [0.2, 0.25) is 0 Å². The second-order valence-corrected chi connectivity index (χ2v) is 8.26. The number of hydrogen-bond acceptors (Lipinski definition) is 6. The van der Waals surface area contributed by atoms with Crippen molar-refractivity contribution in [2.45, 2.75) is 31.8 Å². The van der Waals surface area contributed by atoms with E-state index >= 15 is 0 Å². The zero-order chi connectivity index (χ0) is 20.6. The van der Waals surface area contributed by atoms with E-state index in [1.807, 2.05) is 20.8 Å². The fourth-order valence-corrected chi connectivity index (χ4v) is 2.48. The van der Waals surface area contributed by atoms with Crippen molar-refractivity contribution in [1.82, 2.24) is 14.8 Å². The highest BCUT2D eigenvalue weighted by Crippen LogP contribution is 2.35. The quantitative estimate of drug-likeness (QED) is 0.753. The van der Waals surface area contributed by atoms with Gasteiger partial charge in [-0.25, -0.2) is 4.98 Å². The van der Waals surface area contributed by atoms with Gasteiger partial charge < -0.3 is 5.32 Å². The summed E-state index contributed by atoms with van der Waals surface area (Å²) in [6.45, 7) is 5.76. The highest BCUT2D eigenvalue weighted by atomic mass is 32.2. The van der Waals surface area contributed by atoms with Crippen LogP contribution in [0.3, 0.4) is 0 Å². The molecule has 0 saturated carbocycles. The van der Waals surface area contributed by atoms with E-state index in [1.54, 1.807) is 0 Å². The lowest BCUT2D eigenvalue weighted by Crippen LogP contribution is -2.21. The first-order chi connectivity index (χ1) is 12.2. The summed E-state index contributed by atoms with van der Waals surface area (Å²) in [4.78, 5) is 3.21. The summed E-state index contributed by atoms with van der Waals surface area (Å²) in [5.41, 5.74) is -2.41. The largest absolute Gasteiger partial charge is 0.436 e. The Morgan fingerprint density at radius 2 is 1.93 bits per heavy atom. The predicted molar refractivity (Wildman–Crippen MR) is 88.8 cm³/mol. The van der Waals surface area contributed by atoms with Crippen molar-refractivity contribution in [3.63, 3.8) is 0 Å². The molecule has 0 aliphatic rings. The lowest BCUT2D eigenvalue weighted by Gasteiger charge is -2.20. The molecule has 0 bridgehead atoms. The van der Waals surface area contributed by atoms with Gasteiger partial charge in [0.1, 0.15) is 22.3 Å². The van der Waals surface area contributed by atoms with Crippen molar-refractivity contribution in [1.29, 1.82) is 5.26 Å². The van der Waals surface area contributed by atoms with Gasteiger partial charge in [0.25, 0.3) is 10.1 Å². The standard InChI is InChI=1S/C15H16F3N5O3S/c1-14(2,3)8-21-13-10(6-19)12(15(16,17)18)22-23(13)11-5-4-9(7-20-11)27(24,25)26/h4-5,7,21H,8H2,1-3H3,(H,24,25,26). The molecule has 0 aliphatic carbocycles. The average molecular weight is 403 g/mol. The van der Waals surface area contributed by atoms with Crippen LogP contribution in [0.1, 0.15) is 32.0 Å². The average Bonchev–Trinajstić information content (AvgIpc) is 2.90. The van der Waals surface area contributed by atoms with Gasteiger partial charge in [-0.15, -0.1) is 0 Å². The smallest absolute Gasteiger partial charge is 0.368 e. The van der Waals surface area contributed by atoms with Gasteiger partial charge in [0, 0.05) is 6.54 Å². The maximum absolute atomic E-state index is 13.3. The second kappa shape index (κ2) is 6.82. The Morgan fingerprint density at radius 3 is 2.33 bits per heavy atom. The molecule has 12 heteroatoms. The summed E-state index contributed by atoms with van der Waals surface area (Å²) in [5, 5.41) is 15.5. The number of anilines is 1. The molecular formula is C15H16F3N5O3S. The summed E-state index contributed by atoms with van der Waals surface area (Å²) < 4.78 is 71.7. The zero-order valence-corrected chi connectivity index (χ0v) is 15.4. The van der Waals surface area contributed by atoms with Crippen LogP contribution >= 0.6 is 0 Å². The van der Waals surface area contributed by atoms with Gasteiger partial charge in [0.2, 0.25) is 0 Å². The lowest BCUT2D eigenvalue weighted by molar-refractivity contribution is -0.141. The SMILES string of the molecule is CC(C)(C)CNc1c(C#N)c(C(F)(F)F)nn1-c1ccc(S(=O)(=O)O)cn1. The minimum absolute atomic E-state index is 0.161. The van der Waals surface area contributed by atoms with E-state index in [2.05, 4.69) is 15.4 Å². The third kappa shape index (κ3) is 4.75. The van der Waals surface area contributed by atoms with E-state index in [-0.39, 0.29) is 23.6 Å². The van der Waals surface area contributed by atoms with Crippen molar-refractivity contribution < 1.29 is 26.1 Å². The summed E-state index contributed by atoms with van der Waals surface area (Å²) in [5.74, 6) is -0.377. The molecule has 0 aliphatic heterocycles. The Bertz CT molecular complexity index is 984. The second-order valence-electron chi connectivity index (χ2n) is 6.83. The van der Waals surface area contributed by atoms with Crippen LogP contribution in [0.15, 0.2) is 23.2 Å². The van der Waals surface area contributed by atoms with Crippen molar-refractivity contribution in [3.8, 4) is 11.9 Å². The number of pyridine rings is 1. The van der Waals surface area contributed by atoms with Crippen LogP contribution in [0, 0.1) is 16.7 Å². The van der Waals surface area contributed by atoms with Crippen LogP contribution in [0.4, 0.5) is 19.0 Å². The first kappa shape index (κ1) is 20.7. The van der Waals surface area contributed by atoms with Gasteiger partial charge in [0.05, 0.1) is 6.20 Å². The van der Waals surface area contributed by atoms with Crippen LogP contribution in [0.25, 0.3) is 5.82 Å². The van der Waals surface area contributed by atoms with Gasteiger partial charge in [-0.05, 0) is 17.5 Å². The van der Waals surface area contributed by atoms with Crippen LogP contribution in [-0.4, -0.2) is 34.3 Å². The summed E-state index contributed by atoms with van der Waals surface area (Å²) >= 11 is 0. The molecule has 0 atom stereocenters. The third-order valence-corrected chi connectivity index (χ3v) is 4.12. The van der Waals surface area contributed by atoms with E-state index in [0.29, 0.717) is 0 Å². The third-order valence-electron chi connectivity index (χ3n) is 3.29. The molecule has 0 unspecified atom stereocenters. The molecule has 2 rings (SSSR count). The monoisotopic (exact) mass is 403 g/mol. The van der Waals surface area contributed by atoms with Gasteiger partial charge in [-0.2, -0.15) is 36.6 Å². The van der Waals surface area contributed by atoms with Crippen molar-refractivity contribution in [2.75, 3.05) is 11.9 Å². The molecule has 0 amide bonds. The molecule has 2 heterocycles. The molecule has 2 aromatic heterocycles. The Labute approximate surface area is 153 Å². The first-order valence-corrected chi connectivity index (χ1v) is 8.96. The number of alkyl halides is 3. The predicted octanol–water partition coefficient (Wildman–Crippen LogP) is 2.86. The minimum Gasteiger partial charge on any atom is -0.368 e. The number of nitrogens with one attached hydrogen (secondary N) is 1. The minimum atomic E-state index is -4.87. The number of halogens is 3. The fourth-order valence-electron chi connectivity index (χ4n) is 2.05. The topological polar surface area (TPSA) is 121 Å². The Hall–Kier alpha value is -2.65. The number of rotatable bonds is 4. The number of aromatic nitrogens is 3. The van der Waals surface area contributed by atoms with E-state index in [1.165, 1.54) is 6.07 Å². The van der Waals surface area contributed by atoms with Crippen LogP contribution in [-0.2, 0) is 16.3 Å². The highest BCUT2D eigenvalue weighted by Gasteiger charge is 2.40. The molecule has 146 valence electrons. The number of hydrogen-bond donors (Lipinski definition) is 2. The molecule has 0 radical (unpaired) electrons. The van der Waals surface area contributed by atoms with E-state index in [4.69, 9.17) is 4.55 Å². The molecule has 2 N–H and O–H groups in total. The number of nitrogens with zero attached hydrogens (tertiary/aromatic N) is 4. The molecule has 0 saturated heterocycles. The van der Waals surface area contributed by atoms with E-state index in [9.17, 15) is 26.9 Å². The summed E-state index contributed by atoms with van der Waals surface area (Å²) in [7, 11) is -4.51. The lowest BCUT2D eigenvalue weighted by atomic mass is 9.97. The van der Waals surface area contributed by atoms with Gasteiger partial charge in [0.15, 0.2) is 11.5 Å². The maximum Gasteiger partial charge on any atom is 0.436 e. The maximum atomic E-state index is 13.3. The van der Waals surface area contributed by atoms with E-state index in [0.717, 1.165) is 23.0 Å². The van der Waals surface area contributed by atoms with Crippen molar-refractivity contribution >= 4 is 15.9 Å². The van der Waals surface area contributed by atoms with E-state index < -0.39 is 32.4 Å². The molecule has 0 spiro atoms. The van der Waals surface area contributed by atoms with Gasteiger partial charge in [-0.1, -0.05) is 20.8 Å². The molecule has 27 heavy (non-hydrogen) atoms. The fraction of sp³-hybridized carbons (Fsp3) is 0.400. The molecule has 0 aromatic carbocycles. The summed E-state index contributed by atoms with van der Waals surface area (Å²) in [6, 6.07) is 3.54. The van der Waals surface area contributed by atoms with Crippen molar-refractivity contribution in [3.05, 3.63) is 29.6 Å². The van der Waals surface area contributed by atoms with Gasteiger partial charge in [-0.3, -0.25) is 4.55 Å². The molecule has 8 nitrogen and oxygen atoms in total. The van der Waals surface area contributed by atoms with Gasteiger partial charge >= 0.3 is 6.18 Å². The van der Waals surface area contributed by atoms with Crippen molar-refractivity contribution in [2.24, 2.45) is 5.41 Å². The normalized spacial score (nSPS) is 12.7. The first-order valence-electron chi connectivity index (χ1n) is 7.52. The number of nitriles is 1. The Kier molecular flexibility index (Phi) is 5.22. The Balaban J connectivity index is 2.63. The zero-order valence-electron chi connectivity index (χ0n) is 14.5. The Morgan fingerprint density at radius 1 is 1.30 bits per heavy atom. The van der Waals surface area contributed by atoms with Crippen LogP contribution < -0.4 is 5.32 Å². The molecular weight excluding hydrogens is 387 g/mol. The molecule has 2 aromatic rings.